The number of nitrogens with one attached hydrogen (secondary N) is 3. The van der Waals surface area contributed by atoms with Gasteiger partial charge in [-0.05, 0) is 43.3 Å². The van der Waals surface area contributed by atoms with E-state index in [4.69, 9.17) is 5.73 Å². The van der Waals surface area contributed by atoms with E-state index < -0.39 is 23.7 Å². The van der Waals surface area contributed by atoms with E-state index in [1.54, 1.807) is 0 Å². The summed E-state index contributed by atoms with van der Waals surface area (Å²) in [5.74, 6) is -1.19. The summed E-state index contributed by atoms with van der Waals surface area (Å²) in [7, 11) is 0. The highest BCUT2D eigenvalue weighted by Gasteiger charge is 2.28. The van der Waals surface area contributed by atoms with Gasteiger partial charge in [0.25, 0.3) is 5.91 Å². The Morgan fingerprint density at radius 1 is 1.14 bits per heavy atom. The van der Waals surface area contributed by atoms with Gasteiger partial charge >= 0.3 is 0 Å². The molecule has 1 atom stereocenters. The maximum Gasteiger partial charge on any atom is 0.252 e. The normalized spacial score (nSPS) is 16.4. The van der Waals surface area contributed by atoms with Crippen LogP contribution in [-0.2, 0) is 9.59 Å². The number of benzene rings is 2. The molecule has 1 heterocycles. The molecular weight excluding hydrogens is 363 g/mol. The van der Waals surface area contributed by atoms with Gasteiger partial charge in [-0.25, -0.2) is 9.38 Å². The van der Waals surface area contributed by atoms with Crippen LogP contribution in [0.3, 0.4) is 0 Å². The fraction of sp³-hybridized carbons (Fsp3) is 0.158. The van der Waals surface area contributed by atoms with Gasteiger partial charge in [0, 0.05) is 11.4 Å². The van der Waals surface area contributed by atoms with Crippen molar-refractivity contribution in [2.24, 2.45) is 15.7 Å². The average Bonchev–Trinajstić information content (AvgIpc) is 2.97. The number of aryl methyl sites for hydroxylation is 1. The first-order chi connectivity index (χ1) is 13.4. The van der Waals surface area contributed by atoms with Gasteiger partial charge in [-0.3, -0.25) is 14.9 Å². The smallest absolute Gasteiger partial charge is 0.252 e. The highest BCUT2D eigenvalue weighted by molar-refractivity contribution is 6.11. The predicted molar refractivity (Wildman–Crippen MR) is 105 cm³/mol. The van der Waals surface area contributed by atoms with E-state index in [-0.39, 0.29) is 18.3 Å². The Balaban J connectivity index is 1.59. The van der Waals surface area contributed by atoms with Crippen LogP contribution < -0.4 is 21.7 Å². The van der Waals surface area contributed by atoms with Gasteiger partial charge in [0.05, 0.1) is 6.42 Å². The minimum Gasteiger partial charge on any atom is -0.369 e. The summed E-state index contributed by atoms with van der Waals surface area (Å²) in [5.41, 5.74) is 8.11. The second-order valence-corrected chi connectivity index (χ2v) is 6.21. The molecule has 9 heteroatoms. The molecule has 0 radical (unpaired) electrons. The zero-order chi connectivity index (χ0) is 20.1. The van der Waals surface area contributed by atoms with Crippen molar-refractivity contribution < 1.29 is 14.0 Å². The number of carbonyl (C=O) groups is 2. The molecule has 2 aromatic carbocycles. The van der Waals surface area contributed by atoms with E-state index in [0.29, 0.717) is 5.69 Å². The topological polar surface area (TPSA) is 121 Å². The molecular formula is C19H19FN6O2. The Kier molecular flexibility index (Phi) is 5.64. The summed E-state index contributed by atoms with van der Waals surface area (Å²) in [6.07, 6.45) is -0.173. The number of aliphatic imine (C=N–C) groups is 2. The standard InChI is InChI=1S/C19H19FN6O2/c1-11-2-6-14(7-3-11)23-18(21)26-19-24-15(17(28)25-19)10-16(27)22-13-8-4-12(20)5-9-13/h2-9,15H,10H2,1H3,(H,22,27)(H4,21,23,24,25,26,28). The van der Waals surface area contributed by atoms with Crippen LogP contribution in [0, 0.1) is 12.7 Å². The van der Waals surface area contributed by atoms with Crippen molar-refractivity contribution in [3.05, 3.63) is 59.9 Å². The molecule has 1 unspecified atom stereocenters. The molecule has 0 bridgehead atoms. The van der Waals surface area contributed by atoms with Crippen LogP contribution in [0.2, 0.25) is 0 Å². The Bertz CT molecular complexity index is 938. The summed E-state index contributed by atoms with van der Waals surface area (Å²) in [4.78, 5) is 32.2. The lowest BCUT2D eigenvalue weighted by Gasteiger charge is -2.06. The van der Waals surface area contributed by atoms with E-state index >= 15 is 0 Å². The quantitative estimate of drug-likeness (QED) is 0.475. The van der Waals surface area contributed by atoms with Crippen molar-refractivity contribution >= 4 is 35.1 Å². The van der Waals surface area contributed by atoms with Crippen LogP contribution in [0.4, 0.5) is 15.8 Å². The van der Waals surface area contributed by atoms with E-state index in [1.807, 2.05) is 31.2 Å². The third-order valence-corrected chi connectivity index (χ3v) is 3.87. The van der Waals surface area contributed by atoms with Gasteiger partial charge in [-0.1, -0.05) is 17.7 Å². The Hall–Kier alpha value is -3.75. The highest BCUT2D eigenvalue weighted by atomic mass is 19.1. The first kappa shape index (κ1) is 19.0. The number of nitrogens with two attached hydrogens (primary N) is 1. The second kappa shape index (κ2) is 8.30. The van der Waals surface area contributed by atoms with Crippen LogP contribution in [-0.4, -0.2) is 29.8 Å². The number of halogens is 1. The SMILES string of the molecule is Cc1ccc(N/C(N)=N/C2=NC(CC(=O)Nc3ccc(F)cc3)C(=O)N2)cc1. The zero-order valence-electron chi connectivity index (χ0n) is 15.1. The highest BCUT2D eigenvalue weighted by Crippen LogP contribution is 2.12. The van der Waals surface area contributed by atoms with Crippen molar-refractivity contribution in [2.45, 2.75) is 19.4 Å². The molecule has 0 fully saturated rings. The maximum absolute atomic E-state index is 12.9. The Morgan fingerprint density at radius 3 is 2.43 bits per heavy atom. The number of rotatable bonds is 4. The predicted octanol–water partition coefficient (Wildman–Crippen LogP) is 1.74. The molecule has 8 nitrogen and oxygen atoms in total. The third-order valence-electron chi connectivity index (χ3n) is 3.87. The van der Waals surface area contributed by atoms with Gasteiger partial charge in [-0.2, -0.15) is 4.99 Å². The van der Waals surface area contributed by atoms with Gasteiger partial charge in [0.1, 0.15) is 11.9 Å². The molecule has 0 aromatic heterocycles. The van der Waals surface area contributed by atoms with Crippen LogP contribution in [0.25, 0.3) is 0 Å². The lowest BCUT2D eigenvalue weighted by molar-refractivity contribution is -0.123. The molecule has 144 valence electrons. The number of guanidine groups is 2. The molecule has 1 aliphatic rings. The summed E-state index contributed by atoms with van der Waals surface area (Å²) < 4.78 is 12.9. The van der Waals surface area contributed by atoms with Crippen molar-refractivity contribution in [3.63, 3.8) is 0 Å². The summed E-state index contributed by atoms with van der Waals surface area (Å²) in [5, 5.41) is 7.95. The third kappa shape index (κ3) is 5.13. The van der Waals surface area contributed by atoms with E-state index in [9.17, 15) is 14.0 Å². The summed E-state index contributed by atoms with van der Waals surface area (Å²) in [6, 6.07) is 11.9. The number of hydrogen-bond donors (Lipinski definition) is 4. The number of nitrogens with zero attached hydrogens (tertiary/aromatic N) is 2. The molecule has 0 saturated heterocycles. The molecule has 0 saturated carbocycles. The van der Waals surface area contributed by atoms with E-state index in [2.05, 4.69) is 25.9 Å². The fourth-order valence-electron chi connectivity index (χ4n) is 2.47. The van der Waals surface area contributed by atoms with E-state index in [0.717, 1.165) is 11.3 Å². The molecule has 0 spiro atoms. The summed E-state index contributed by atoms with van der Waals surface area (Å²) in [6.45, 7) is 1.97. The van der Waals surface area contributed by atoms with Crippen LogP contribution >= 0.6 is 0 Å². The average molecular weight is 382 g/mol. The summed E-state index contributed by atoms with van der Waals surface area (Å²) >= 11 is 0. The number of hydrogen-bond acceptors (Lipinski definition) is 4. The number of anilines is 2. The lowest BCUT2D eigenvalue weighted by Crippen LogP contribution is -2.32. The molecule has 2 amide bonds. The van der Waals surface area contributed by atoms with Gasteiger partial charge in [0.2, 0.25) is 17.8 Å². The van der Waals surface area contributed by atoms with Gasteiger partial charge < -0.3 is 16.4 Å². The molecule has 5 N–H and O–H groups in total. The Morgan fingerprint density at radius 2 is 1.75 bits per heavy atom. The van der Waals surface area contributed by atoms with Crippen molar-refractivity contribution in [1.29, 1.82) is 0 Å². The molecule has 0 aliphatic carbocycles. The largest absolute Gasteiger partial charge is 0.369 e. The van der Waals surface area contributed by atoms with E-state index in [1.165, 1.54) is 24.3 Å². The lowest BCUT2D eigenvalue weighted by atomic mass is 10.2. The first-order valence-corrected chi connectivity index (χ1v) is 8.51. The minimum absolute atomic E-state index is 0.0293. The Labute approximate surface area is 160 Å². The monoisotopic (exact) mass is 382 g/mol. The molecule has 3 rings (SSSR count). The van der Waals surface area contributed by atoms with Crippen molar-refractivity contribution in [1.82, 2.24) is 5.32 Å². The van der Waals surface area contributed by atoms with Crippen LogP contribution in [0.15, 0.2) is 58.5 Å². The van der Waals surface area contributed by atoms with Crippen molar-refractivity contribution in [3.8, 4) is 0 Å². The molecule has 1 aliphatic heterocycles. The van der Waals surface area contributed by atoms with Gasteiger partial charge in [0.15, 0.2) is 0 Å². The number of carbonyl (C=O) groups excluding carboxylic acids is 2. The first-order valence-electron chi connectivity index (χ1n) is 8.51. The van der Waals surface area contributed by atoms with Crippen molar-refractivity contribution in [2.75, 3.05) is 10.6 Å². The molecule has 28 heavy (non-hydrogen) atoms. The van der Waals surface area contributed by atoms with Crippen LogP contribution in [0.5, 0.6) is 0 Å². The number of amides is 2. The molecule has 2 aromatic rings. The van der Waals surface area contributed by atoms with Crippen LogP contribution in [0.1, 0.15) is 12.0 Å². The fourth-order valence-corrected chi connectivity index (χ4v) is 2.47. The van der Waals surface area contributed by atoms with Gasteiger partial charge in [-0.15, -0.1) is 0 Å². The minimum atomic E-state index is -0.911. The zero-order valence-corrected chi connectivity index (χ0v) is 15.1. The second-order valence-electron chi connectivity index (χ2n) is 6.21. The maximum atomic E-state index is 12.9.